The van der Waals surface area contributed by atoms with Gasteiger partial charge in [0.15, 0.2) is 0 Å². The molecule has 3 aromatic carbocycles. The van der Waals surface area contributed by atoms with Crippen LogP contribution < -0.4 is 0 Å². The van der Waals surface area contributed by atoms with E-state index in [0.717, 1.165) is 11.1 Å². The summed E-state index contributed by atoms with van der Waals surface area (Å²) in [7, 11) is 0. The van der Waals surface area contributed by atoms with Gasteiger partial charge in [0.05, 0.1) is 11.0 Å². The van der Waals surface area contributed by atoms with Gasteiger partial charge < -0.3 is 0 Å². The Hall–Kier alpha value is -2.98. The van der Waals surface area contributed by atoms with Crippen LogP contribution in [0.5, 0.6) is 0 Å². The highest BCUT2D eigenvalue weighted by molar-refractivity contribution is 9.10. The number of benzene rings is 3. The zero-order valence-corrected chi connectivity index (χ0v) is 23.4. The van der Waals surface area contributed by atoms with E-state index in [1.807, 2.05) is 13.8 Å². The van der Waals surface area contributed by atoms with Gasteiger partial charge in [0.25, 0.3) is 0 Å². The average molecular weight is 666 g/mol. The first-order valence-electron chi connectivity index (χ1n) is 11.7. The summed E-state index contributed by atoms with van der Waals surface area (Å²) < 4.78 is 93.4. The third kappa shape index (κ3) is 3.60. The van der Waals surface area contributed by atoms with E-state index in [0.29, 0.717) is 11.1 Å². The zero-order chi connectivity index (χ0) is 28.1. The second kappa shape index (κ2) is 8.51. The van der Waals surface area contributed by atoms with Gasteiger partial charge in [-0.25, -0.2) is 9.97 Å². The summed E-state index contributed by atoms with van der Waals surface area (Å²) >= 11 is 6.58. The SMILES string of the molecule is Cc1ccc(-c2cc(Br)nc3c2c2c(c4c(-c5ccc(C)cc5)cc(Br)nc43)C(F)(F)C(F)(F)C2(F)F)cc1. The maximum Gasteiger partial charge on any atom is 0.380 e. The normalized spacial score (nSPS) is 17.1. The summed E-state index contributed by atoms with van der Waals surface area (Å²) in [6.07, 6.45) is 0. The fraction of sp³-hybridized carbons (Fsp3) is 0.172. The molecule has 10 heteroatoms. The zero-order valence-electron chi connectivity index (χ0n) is 20.2. The van der Waals surface area contributed by atoms with Crippen molar-refractivity contribution in [3.63, 3.8) is 0 Å². The fourth-order valence-corrected chi connectivity index (χ4v) is 6.00. The van der Waals surface area contributed by atoms with Crippen molar-refractivity contribution in [2.24, 2.45) is 0 Å². The Morgan fingerprint density at radius 3 is 1.23 bits per heavy atom. The Bertz CT molecular complexity index is 1690. The van der Waals surface area contributed by atoms with Gasteiger partial charge in [0.1, 0.15) is 9.21 Å². The minimum Gasteiger partial charge on any atom is -0.239 e. The van der Waals surface area contributed by atoms with Crippen LogP contribution in [-0.2, 0) is 11.8 Å². The highest BCUT2D eigenvalue weighted by Crippen LogP contribution is 2.67. The Kier molecular flexibility index (Phi) is 5.73. The standard InChI is InChI=1S/C29H16Br2F6N2/c1-13-3-7-15(8-4-13)17-11-19(30)38-25-21(17)23-24(28(34,35)29(36,37)27(23,32)33)22-18(12-20(31)39-26(22)25)16-9-5-14(2)6-10-16/h3-12H,1-2H3. The number of pyridine rings is 2. The summed E-state index contributed by atoms with van der Waals surface area (Å²) in [6, 6.07) is 16.0. The minimum atomic E-state index is -5.70. The van der Waals surface area contributed by atoms with E-state index in [-0.39, 0.29) is 31.4 Å². The van der Waals surface area contributed by atoms with Gasteiger partial charge in [-0.3, -0.25) is 0 Å². The maximum absolute atomic E-state index is 15.7. The smallest absolute Gasteiger partial charge is 0.239 e. The number of rotatable bonds is 2. The van der Waals surface area contributed by atoms with E-state index >= 15 is 26.3 Å². The van der Waals surface area contributed by atoms with Crippen LogP contribution in [0, 0.1) is 13.8 Å². The lowest BCUT2D eigenvalue weighted by atomic mass is 9.88. The summed E-state index contributed by atoms with van der Waals surface area (Å²) in [6.45, 7) is 3.64. The van der Waals surface area contributed by atoms with Crippen LogP contribution in [0.3, 0.4) is 0 Å². The molecule has 6 rings (SSSR count). The molecule has 0 spiro atoms. The third-order valence-corrected chi connectivity index (χ3v) is 7.90. The number of halogens is 8. The van der Waals surface area contributed by atoms with Gasteiger partial charge >= 0.3 is 17.8 Å². The van der Waals surface area contributed by atoms with E-state index in [9.17, 15) is 0 Å². The Morgan fingerprint density at radius 2 is 0.897 bits per heavy atom. The maximum atomic E-state index is 15.7. The molecular formula is C29H16Br2F6N2. The first kappa shape index (κ1) is 26.3. The minimum absolute atomic E-state index is 0.0526. The molecule has 0 amide bonds. The Morgan fingerprint density at radius 1 is 0.564 bits per heavy atom. The predicted octanol–water partition coefficient (Wildman–Crippen LogP) is 10.1. The fourth-order valence-electron chi connectivity index (χ4n) is 5.19. The Balaban J connectivity index is 1.92. The number of nitrogens with zero attached hydrogens (tertiary/aromatic N) is 2. The van der Waals surface area contributed by atoms with Gasteiger partial charge in [-0.2, -0.15) is 26.3 Å². The summed E-state index contributed by atoms with van der Waals surface area (Å²) in [4.78, 5) is 8.69. The predicted molar refractivity (Wildman–Crippen MR) is 146 cm³/mol. The van der Waals surface area contributed by atoms with E-state index in [1.54, 1.807) is 48.5 Å². The lowest BCUT2D eigenvalue weighted by Gasteiger charge is -2.24. The molecule has 0 N–H and O–H groups in total. The Labute approximate surface area is 235 Å². The van der Waals surface area contributed by atoms with Crippen LogP contribution in [0.25, 0.3) is 44.1 Å². The molecule has 0 bridgehead atoms. The topological polar surface area (TPSA) is 25.8 Å². The van der Waals surface area contributed by atoms with Gasteiger partial charge in [-0.05, 0) is 80.1 Å². The second-order valence-electron chi connectivity index (χ2n) is 9.64. The van der Waals surface area contributed by atoms with Gasteiger partial charge in [0, 0.05) is 21.9 Å². The molecule has 198 valence electrons. The summed E-state index contributed by atoms with van der Waals surface area (Å²) in [5.41, 5.74) is -0.688. The van der Waals surface area contributed by atoms with E-state index in [2.05, 4.69) is 41.8 Å². The number of hydrogen-bond acceptors (Lipinski definition) is 2. The molecule has 0 unspecified atom stereocenters. The van der Waals surface area contributed by atoms with Crippen molar-refractivity contribution in [2.45, 2.75) is 31.6 Å². The van der Waals surface area contributed by atoms with Crippen LogP contribution in [0.4, 0.5) is 26.3 Å². The molecule has 1 aliphatic rings. The molecule has 0 radical (unpaired) electrons. The molecule has 0 aliphatic heterocycles. The monoisotopic (exact) mass is 664 g/mol. The molecule has 2 heterocycles. The van der Waals surface area contributed by atoms with Crippen molar-refractivity contribution in [2.75, 3.05) is 0 Å². The number of aromatic nitrogens is 2. The van der Waals surface area contributed by atoms with Crippen LogP contribution in [0.2, 0.25) is 0 Å². The quantitative estimate of drug-likeness (QED) is 0.107. The molecule has 39 heavy (non-hydrogen) atoms. The van der Waals surface area contributed by atoms with E-state index < -0.39 is 39.7 Å². The highest BCUT2D eigenvalue weighted by atomic mass is 79.9. The van der Waals surface area contributed by atoms with Crippen molar-refractivity contribution >= 4 is 53.7 Å². The van der Waals surface area contributed by atoms with Crippen molar-refractivity contribution in [3.05, 3.63) is 92.1 Å². The van der Waals surface area contributed by atoms with Crippen molar-refractivity contribution in [1.29, 1.82) is 0 Å². The average Bonchev–Trinajstić information content (AvgIpc) is 2.98. The van der Waals surface area contributed by atoms with Gasteiger partial charge in [-0.1, -0.05) is 59.7 Å². The molecule has 2 nitrogen and oxygen atoms in total. The van der Waals surface area contributed by atoms with Crippen LogP contribution in [0.15, 0.2) is 69.9 Å². The number of hydrogen-bond donors (Lipinski definition) is 0. The van der Waals surface area contributed by atoms with E-state index in [1.165, 1.54) is 12.1 Å². The van der Waals surface area contributed by atoms with Gasteiger partial charge in [0.2, 0.25) is 0 Å². The molecule has 0 atom stereocenters. The van der Waals surface area contributed by atoms with Gasteiger partial charge in [-0.15, -0.1) is 0 Å². The lowest BCUT2D eigenvalue weighted by Crippen LogP contribution is -2.43. The number of aryl methyl sites for hydroxylation is 2. The van der Waals surface area contributed by atoms with Crippen molar-refractivity contribution in [1.82, 2.24) is 9.97 Å². The second-order valence-corrected chi connectivity index (χ2v) is 11.3. The molecule has 2 aromatic heterocycles. The summed E-state index contributed by atoms with van der Waals surface area (Å²) in [5.74, 6) is -16.1. The number of fused-ring (bicyclic) bond motifs is 6. The summed E-state index contributed by atoms with van der Waals surface area (Å²) in [5, 5.41) is -0.987. The molecule has 1 aliphatic carbocycles. The third-order valence-electron chi connectivity index (χ3n) is 7.09. The van der Waals surface area contributed by atoms with Crippen molar-refractivity contribution in [3.8, 4) is 22.3 Å². The molecule has 5 aromatic rings. The van der Waals surface area contributed by atoms with E-state index in [4.69, 9.17) is 0 Å². The number of alkyl halides is 6. The largest absolute Gasteiger partial charge is 0.380 e. The van der Waals surface area contributed by atoms with Crippen LogP contribution >= 0.6 is 31.9 Å². The lowest BCUT2D eigenvalue weighted by molar-refractivity contribution is -0.301. The molecule has 0 saturated heterocycles. The van der Waals surface area contributed by atoms with Crippen LogP contribution in [-0.4, -0.2) is 15.9 Å². The molecule has 0 saturated carbocycles. The van der Waals surface area contributed by atoms with Crippen molar-refractivity contribution < 1.29 is 26.3 Å². The first-order valence-corrected chi connectivity index (χ1v) is 13.3. The highest BCUT2D eigenvalue weighted by Gasteiger charge is 2.80. The molecule has 0 fully saturated rings. The first-order chi connectivity index (χ1) is 18.3. The van der Waals surface area contributed by atoms with Crippen LogP contribution in [0.1, 0.15) is 22.3 Å². The molecular weight excluding hydrogens is 650 g/mol.